The number of hydrogen-bond acceptors (Lipinski definition) is 3. The SMILES string of the molecule is C#N.NCc1ccc(C2(N)CCC2)cc1. The molecule has 1 aliphatic rings. The minimum atomic E-state index is -0.0346. The molecule has 3 nitrogen and oxygen atoms in total. The first-order valence-corrected chi connectivity index (χ1v) is 5.09. The zero-order chi connectivity index (χ0) is 11.3. The van der Waals surface area contributed by atoms with Crippen LogP contribution in [0.1, 0.15) is 30.4 Å². The summed E-state index contributed by atoms with van der Waals surface area (Å²) >= 11 is 0. The highest BCUT2D eigenvalue weighted by molar-refractivity contribution is 5.29. The van der Waals surface area contributed by atoms with Crippen LogP contribution < -0.4 is 11.5 Å². The zero-order valence-electron chi connectivity index (χ0n) is 8.82. The summed E-state index contributed by atoms with van der Waals surface area (Å²) in [5, 5.41) is 6.50. The molecule has 15 heavy (non-hydrogen) atoms. The Kier molecular flexibility index (Phi) is 3.84. The second-order valence-corrected chi connectivity index (χ2v) is 3.91. The molecular weight excluding hydrogens is 186 g/mol. The molecule has 0 saturated heterocycles. The Balaban J connectivity index is 0.000000531. The fourth-order valence-electron chi connectivity index (χ4n) is 1.82. The van der Waals surface area contributed by atoms with Gasteiger partial charge in [-0.2, -0.15) is 0 Å². The molecule has 2 rings (SSSR count). The minimum absolute atomic E-state index is 0.0346. The predicted molar refractivity (Wildman–Crippen MR) is 60.7 cm³/mol. The Morgan fingerprint density at radius 2 is 1.73 bits per heavy atom. The molecule has 0 atom stereocenters. The van der Waals surface area contributed by atoms with Crippen molar-refractivity contribution in [2.45, 2.75) is 31.3 Å². The number of nitrogens with two attached hydrogens (primary N) is 2. The average molecular weight is 203 g/mol. The Morgan fingerprint density at radius 1 is 1.20 bits per heavy atom. The topological polar surface area (TPSA) is 75.8 Å². The van der Waals surface area contributed by atoms with E-state index in [0.29, 0.717) is 6.54 Å². The van der Waals surface area contributed by atoms with Crippen LogP contribution in [0.3, 0.4) is 0 Å². The standard InChI is InChI=1S/C11H16N2.CHN/c12-8-9-2-4-10(5-3-9)11(13)6-1-7-11;1-2/h2-5H,1,6-8,12-13H2;1H. The van der Waals surface area contributed by atoms with Crippen LogP contribution in [0, 0.1) is 11.8 Å². The van der Waals surface area contributed by atoms with Crippen LogP contribution in [-0.4, -0.2) is 0 Å². The summed E-state index contributed by atoms with van der Waals surface area (Å²) in [6.45, 7) is 4.11. The maximum Gasteiger partial charge on any atom is 0.0462 e. The molecule has 0 spiro atoms. The van der Waals surface area contributed by atoms with Crippen molar-refractivity contribution in [3.8, 4) is 6.57 Å². The van der Waals surface area contributed by atoms with Gasteiger partial charge in [-0.15, -0.1) is 0 Å². The second kappa shape index (κ2) is 4.92. The van der Waals surface area contributed by atoms with Gasteiger partial charge in [0.25, 0.3) is 0 Å². The van der Waals surface area contributed by atoms with Gasteiger partial charge in [-0.3, -0.25) is 0 Å². The van der Waals surface area contributed by atoms with Gasteiger partial charge in [0.05, 0.1) is 0 Å². The molecule has 0 amide bonds. The zero-order valence-corrected chi connectivity index (χ0v) is 8.82. The molecular formula is C12H17N3. The van der Waals surface area contributed by atoms with Crippen LogP contribution in [0.5, 0.6) is 0 Å². The maximum atomic E-state index is 6.50. The largest absolute Gasteiger partial charge is 0.326 e. The van der Waals surface area contributed by atoms with E-state index in [1.165, 1.54) is 17.5 Å². The summed E-state index contributed by atoms with van der Waals surface area (Å²) in [4.78, 5) is 0. The van der Waals surface area contributed by atoms with Gasteiger partial charge in [-0.1, -0.05) is 24.3 Å². The Bertz CT molecular complexity index is 322. The van der Waals surface area contributed by atoms with Gasteiger partial charge in [0, 0.05) is 18.7 Å². The smallest absolute Gasteiger partial charge is 0.0462 e. The normalized spacial score (nSPS) is 17.1. The molecule has 1 aromatic carbocycles. The van der Waals surface area contributed by atoms with E-state index in [1.807, 2.05) is 0 Å². The Hall–Kier alpha value is -1.37. The molecule has 1 aromatic rings. The summed E-state index contributed by atoms with van der Waals surface area (Å²) in [6, 6.07) is 8.37. The minimum Gasteiger partial charge on any atom is -0.326 e. The van der Waals surface area contributed by atoms with Crippen LogP contribution in [0.4, 0.5) is 0 Å². The quantitative estimate of drug-likeness (QED) is 0.767. The predicted octanol–water partition coefficient (Wildman–Crippen LogP) is 1.62. The fourth-order valence-corrected chi connectivity index (χ4v) is 1.82. The molecule has 1 saturated carbocycles. The number of nitriles is 1. The van der Waals surface area contributed by atoms with Crippen molar-refractivity contribution in [1.29, 1.82) is 5.26 Å². The third-order valence-electron chi connectivity index (χ3n) is 3.01. The summed E-state index contributed by atoms with van der Waals surface area (Å²) in [5.74, 6) is 0. The highest BCUT2D eigenvalue weighted by Crippen LogP contribution is 2.38. The van der Waals surface area contributed by atoms with Crippen LogP contribution in [-0.2, 0) is 12.1 Å². The number of benzene rings is 1. The van der Waals surface area contributed by atoms with Crippen LogP contribution in [0.15, 0.2) is 24.3 Å². The molecule has 0 bridgehead atoms. The van der Waals surface area contributed by atoms with Crippen molar-refractivity contribution in [3.05, 3.63) is 35.4 Å². The van der Waals surface area contributed by atoms with E-state index >= 15 is 0 Å². The van der Waals surface area contributed by atoms with Crippen LogP contribution in [0.25, 0.3) is 0 Å². The van der Waals surface area contributed by atoms with Gasteiger partial charge < -0.3 is 11.5 Å². The molecule has 4 N–H and O–H groups in total. The lowest BCUT2D eigenvalue weighted by Crippen LogP contribution is -2.43. The van der Waals surface area contributed by atoms with Crippen molar-refractivity contribution in [3.63, 3.8) is 0 Å². The van der Waals surface area contributed by atoms with Gasteiger partial charge >= 0.3 is 0 Å². The highest BCUT2D eigenvalue weighted by atomic mass is 14.8. The number of hydrogen-bond donors (Lipinski definition) is 2. The van der Waals surface area contributed by atoms with Crippen molar-refractivity contribution in [2.75, 3.05) is 0 Å². The lowest BCUT2D eigenvalue weighted by atomic mass is 9.73. The number of nitrogens with zero attached hydrogens (tertiary/aromatic N) is 1. The van der Waals surface area contributed by atoms with Gasteiger partial charge in [0.1, 0.15) is 0 Å². The Labute approximate surface area is 90.7 Å². The molecule has 3 heteroatoms. The first-order chi connectivity index (χ1) is 7.24. The summed E-state index contributed by atoms with van der Waals surface area (Å²) < 4.78 is 0. The molecule has 0 aromatic heterocycles. The highest BCUT2D eigenvalue weighted by Gasteiger charge is 2.33. The van der Waals surface area contributed by atoms with Gasteiger partial charge in [-0.05, 0) is 30.4 Å². The van der Waals surface area contributed by atoms with E-state index in [9.17, 15) is 0 Å². The molecule has 0 unspecified atom stereocenters. The lowest BCUT2D eigenvalue weighted by Gasteiger charge is -2.38. The molecule has 1 aliphatic carbocycles. The molecule has 80 valence electrons. The molecule has 0 heterocycles. The fraction of sp³-hybridized carbons (Fsp3) is 0.417. The lowest BCUT2D eigenvalue weighted by molar-refractivity contribution is 0.253. The van der Waals surface area contributed by atoms with E-state index in [-0.39, 0.29) is 5.54 Å². The van der Waals surface area contributed by atoms with Gasteiger partial charge in [-0.25, -0.2) is 5.26 Å². The summed E-state index contributed by atoms with van der Waals surface area (Å²) in [6.07, 6.45) is 3.50. The van der Waals surface area contributed by atoms with Gasteiger partial charge in [0.15, 0.2) is 0 Å². The first-order valence-electron chi connectivity index (χ1n) is 5.09. The van der Waals surface area contributed by atoms with Crippen molar-refractivity contribution >= 4 is 0 Å². The monoisotopic (exact) mass is 203 g/mol. The molecule has 0 aliphatic heterocycles. The summed E-state index contributed by atoms with van der Waals surface area (Å²) in [7, 11) is 0. The van der Waals surface area contributed by atoms with E-state index < -0.39 is 0 Å². The third-order valence-corrected chi connectivity index (χ3v) is 3.01. The second-order valence-electron chi connectivity index (χ2n) is 3.91. The van der Waals surface area contributed by atoms with Crippen molar-refractivity contribution in [2.24, 2.45) is 11.5 Å². The summed E-state index contributed by atoms with van der Waals surface area (Å²) in [5.41, 5.74) is 14.1. The van der Waals surface area contributed by atoms with E-state index in [4.69, 9.17) is 16.7 Å². The molecule has 0 radical (unpaired) electrons. The first kappa shape index (κ1) is 11.7. The molecule has 1 fully saturated rings. The number of rotatable bonds is 2. The van der Waals surface area contributed by atoms with Crippen molar-refractivity contribution in [1.82, 2.24) is 0 Å². The van der Waals surface area contributed by atoms with Gasteiger partial charge in [0.2, 0.25) is 0 Å². The van der Waals surface area contributed by atoms with Crippen LogP contribution >= 0.6 is 0 Å². The van der Waals surface area contributed by atoms with E-state index in [1.54, 1.807) is 0 Å². The third kappa shape index (κ3) is 2.35. The maximum absolute atomic E-state index is 6.50. The average Bonchev–Trinajstić information content (AvgIpc) is 2.29. The van der Waals surface area contributed by atoms with E-state index in [2.05, 4.69) is 30.8 Å². The van der Waals surface area contributed by atoms with Crippen LogP contribution in [0.2, 0.25) is 0 Å². The van der Waals surface area contributed by atoms with E-state index in [0.717, 1.165) is 12.8 Å². The van der Waals surface area contributed by atoms with Crippen molar-refractivity contribution < 1.29 is 0 Å². The Morgan fingerprint density at radius 3 is 2.07 bits per heavy atom.